The molecule has 2 rings (SSSR count). The van der Waals surface area contributed by atoms with Crippen LogP contribution in [0.25, 0.3) is 0 Å². The number of nitrogens with two attached hydrogens (primary N) is 1. The molecule has 1 aromatic rings. The van der Waals surface area contributed by atoms with Crippen molar-refractivity contribution in [2.45, 2.75) is 37.8 Å². The van der Waals surface area contributed by atoms with E-state index in [4.69, 9.17) is 5.73 Å². The van der Waals surface area contributed by atoms with Gasteiger partial charge in [-0.05, 0) is 24.8 Å². The average molecular weight is 277 g/mol. The van der Waals surface area contributed by atoms with E-state index in [1.807, 2.05) is 0 Å². The Labute approximate surface area is 108 Å². The summed E-state index contributed by atoms with van der Waals surface area (Å²) >= 11 is 0. The molecule has 1 aliphatic rings. The fraction of sp³-hybridized carbons (Fsp3) is 0.538. The molecule has 0 bridgehead atoms. The Morgan fingerprint density at radius 1 is 1.21 bits per heavy atom. The van der Waals surface area contributed by atoms with Crippen LogP contribution in [-0.4, -0.2) is 12.5 Å². The number of alkyl halides is 4. The van der Waals surface area contributed by atoms with Crippen LogP contribution in [0.2, 0.25) is 0 Å². The van der Waals surface area contributed by atoms with Crippen LogP contribution in [0.3, 0.4) is 0 Å². The van der Waals surface area contributed by atoms with Gasteiger partial charge in [-0.15, -0.1) is 0 Å². The van der Waals surface area contributed by atoms with Crippen molar-refractivity contribution in [1.82, 2.24) is 0 Å². The van der Waals surface area contributed by atoms with E-state index in [1.54, 1.807) is 12.1 Å². The minimum Gasteiger partial charge on any atom is -0.428 e. The van der Waals surface area contributed by atoms with Gasteiger partial charge in [0.1, 0.15) is 5.75 Å². The van der Waals surface area contributed by atoms with Crippen molar-refractivity contribution in [3.63, 3.8) is 0 Å². The number of ether oxygens (including phenoxy) is 1. The van der Waals surface area contributed by atoms with Gasteiger partial charge in [0.25, 0.3) is 0 Å². The third-order valence-electron chi connectivity index (χ3n) is 3.44. The third kappa shape index (κ3) is 3.00. The monoisotopic (exact) mass is 277 g/mol. The van der Waals surface area contributed by atoms with Gasteiger partial charge in [-0.2, -0.15) is 17.6 Å². The van der Waals surface area contributed by atoms with Gasteiger partial charge < -0.3 is 10.5 Å². The van der Waals surface area contributed by atoms with Crippen molar-refractivity contribution in [2.75, 3.05) is 0 Å². The van der Waals surface area contributed by atoms with Gasteiger partial charge in [0.2, 0.25) is 0 Å². The zero-order chi connectivity index (χ0) is 14.0. The van der Waals surface area contributed by atoms with Crippen LogP contribution in [-0.2, 0) is 0 Å². The van der Waals surface area contributed by atoms with E-state index in [-0.39, 0.29) is 11.7 Å². The molecule has 0 aliphatic heterocycles. The maximum absolute atomic E-state index is 13.0. The summed E-state index contributed by atoms with van der Waals surface area (Å²) in [4.78, 5) is 0. The lowest BCUT2D eigenvalue weighted by molar-refractivity contribution is -0.253. The predicted molar refractivity (Wildman–Crippen MR) is 62.3 cm³/mol. The molecule has 1 aromatic carbocycles. The number of benzene rings is 1. The lowest BCUT2D eigenvalue weighted by Gasteiger charge is -2.32. The van der Waals surface area contributed by atoms with Crippen molar-refractivity contribution < 1.29 is 22.3 Å². The fourth-order valence-electron chi connectivity index (χ4n) is 2.09. The summed E-state index contributed by atoms with van der Waals surface area (Å²) in [6, 6.07) is 5.40. The summed E-state index contributed by atoms with van der Waals surface area (Å²) in [5, 5.41) is 0. The largest absolute Gasteiger partial charge is 0.461 e. The quantitative estimate of drug-likeness (QED) is 0.832. The van der Waals surface area contributed by atoms with Crippen LogP contribution in [0.1, 0.15) is 30.9 Å². The SMILES string of the molecule is N[C@@H](c1ccccc1OC(F)(F)C(F)F)C1CCC1. The second-order valence-electron chi connectivity index (χ2n) is 4.72. The first kappa shape index (κ1) is 14.1. The van der Waals surface area contributed by atoms with Gasteiger partial charge >= 0.3 is 12.5 Å². The van der Waals surface area contributed by atoms with Crippen molar-refractivity contribution in [3.8, 4) is 5.75 Å². The molecule has 1 saturated carbocycles. The van der Waals surface area contributed by atoms with Crippen LogP contribution in [0.15, 0.2) is 24.3 Å². The molecular weight excluding hydrogens is 262 g/mol. The average Bonchev–Trinajstić information content (AvgIpc) is 2.26. The molecule has 0 amide bonds. The summed E-state index contributed by atoms with van der Waals surface area (Å²) in [5.74, 6) is -0.0721. The first-order valence-electron chi connectivity index (χ1n) is 6.11. The number of hydrogen-bond donors (Lipinski definition) is 1. The highest BCUT2D eigenvalue weighted by molar-refractivity contribution is 5.36. The normalized spacial score (nSPS) is 18.2. The van der Waals surface area contributed by atoms with Gasteiger partial charge in [-0.3, -0.25) is 0 Å². The standard InChI is InChI=1S/C13H15F4NO/c14-12(15)13(16,17)19-10-7-2-1-6-9(10)11(18)8-4-3-5-8/h1-2,6-8,11-12H,3-5,18H2/t11-/m1/s1. The number of rotatable bonds is 5. The summed E-state index contributed by atoms with van der Waals surface area (Å²) in [6.07, 6.45) is -5.49. The Kier molecular flexibility index (Phi) is 3.99. The van der Waals surface area contributed by atoms with Gasteiger partial charge in [-0.25, -0.2) is 0 Å². The van der Waals surface area contributed by atoms with Crippen molar-refractivity contribution in [2.24, 2.45) is 11.7 Å². The van der Waals surface area contributed by atoms with Crippen LogP contribution in [0, 0.1) is 5.92 Å². The van der Waals surface area contributed by atoms with E-state index in [9.17, 15) is 17.6 Å². The van der Waals surface area contributed by atoms with Crippen LogP contribution >= 0.6 is 0 Å². The van der Waals surface area contributed by atoms with E-state index in [0.717, 1.165) is 19.3 Å². The van der Waals surface area contributed by atoms with Gasteiger partial charge in [0, 0.05) is 11.6 Å². The Bertz CT molecular complexity index is 434. The predicted octanol–water partition coefficient (Wildman–Crippen LogP) is 3.72. The minimum atomic E-state index is -4.50. The fourth-order valence-corrected chi connectivity index (χ4v) is 2.09. The minimum absolute atomic E-state index is 0.199. The molecule has 1 fully saturated rings. The summed E-state index contributed by atoms with van der Waals surface area (Å²) in [7, 11) is 0. The lowest BCUT2D eigenvalue weighted by atomic mass is 9.77. The van der Waals surface area contributed by atoms with Crippen molar-refractivity contribution in [1.29, 1.82) is 0 Å². The molecule has 2 nitrogen and oxygen atoms in total. The first-order valence-corrected chi connectivity index (χ1v) is 6.11. The molecule has 19 heavy (non-hydrogen) atoms. The van der Waals surface area contributed by atoms with E-state index in [2.05, 4.69) is 4.74 Å². The molecule has 1 atom stereocenters. The smallest absolute Gasteiger partial charge is 0.428 e. The molecule has 106 valence electrons. The van der Waals surface area contributed by atoms with Crippen LogP contribution < -0.4 is 10.5 Å². The van der Waals surface area contributed by atoms with E-state index in [0.29, 0.717) is 5.56 Å². The lowest BCUT2D eigenvalue weighted by Crippen LogP contribution is -2.35. The number of hydrogen-bond acceptors (Lipinski definition) is 2. The topological polar surface area (TPSA) is 35.2 Å². The first-order chi connectivity index (χ1) is 8.92. The van der Waals surface area contributed by atoms with E-state index >= 15 is 0 Å². The highest BCUT2D eigenvalue weighted by atomic mass is 19.3. The second-order valence-corrected chi connectivity index (χ2v) is 4.72. The number of para-hydroxylation sites is 1. The Morgan fingerprint density at radius 2 is 1.84 bits per heavy atom. The van der Waals surface area contributed by atoms with E-state index in [1.165, 1.54) is 12.1 Å². The van der Waals surface area contributed by atoms with E-state index < -0.39 is 18.6 Å². The molecule has 1 aliphatic carbocycles. The third-order valence-corrected chi connectivity index (χ3v) is 3.44. The summed E-state index contributed by atoms with van der Waals surface area (Å²) in [5.41, 5.74) is 6.34. The number of halogens is 4. The van der Waals surface area contributed by atoms with Gasteiger partial charge in [0.15, 0.2) is 0 Å². The Hall–Kier alpha value is -1.30. The van der Waals surface area contributed by atoms with Crippen LogP contribution in [0.5, 0.6) is 5.75 Å². The molecule has 0 unspecified atom stereocenters. The maximum Gasteiger partial charge on any atom is 0.461 e. The molecule has 0 spiro atoms. The van der Waals surface area contributed by atoms with Crippen molar-refractivity contribution in [3.05, 3.63) is 29.8 Å². The summed E-state index contributed by atoms with van der Waals surface area (Å²) in [6.45, 7) is 0. The zero-order valence-corrected chi connectivity index (χ0v) is 10.2. The van der Waals surface area contributed by atoms with Crippen LogP contribution in [0.4, 0.5) is 17.6 Å². The molecule has 0 aromatic heterocycles. The summed E-state index contributed by atoms with van der Waals surface area (Å²) < 4.78 is 54.4. The molecule has 0 saturated heterocycles. The molecule has 6 heteroatoms. The van der Waals surface area contributed by atoms with Gasteiger partial charge in [-0.1, -0.05) is 24.6 Å². The Balaban J connectivity index is 2.20. The second kappa shape index (κ2) is 5.36. The molecule has 0 heterocycles. The molecule has 0 radical (unpaired) electrons. The van der Waals surface area contributed by atoms with Gasteiger partial charge in [0.05, 0.1) is 0 Å². The Morgan fingerprint density at radius 3 is 2.37 bits per heavy atom. The molecular formula is C13H15F4NO. The highest BCUT2D eigenvalue weighted by Gasteiger charge is 2.44. The maximum atomic E-state index is 13.0. The zero-order valence-electron chi connectivity index (χ0n) is 10.2. The molecule has 2 N–H and O–H groups in total. The highest BCUT2D eigenvalue weighted by Crippen LogP contribution is 2.40. The van der Waals surface area contributed by atoms with Crippen molar-refractivity contribution >= 4 is 0 Å².